The number of amidine groups is 1. The van der Waals surface area contributed by atoms with Gasteiger partial charge < -0.3 is 10.5 Å². The third kappa shape index (κ3) is 2.99. The summed E-state index contributed by atoms with van der Waals surface area (Å²) in [5.41, 5.74) is 8.97. The van der Waals surface area contributed by atoms with Crippen LogP contribution in [0, 0.1) is 32.1 Å². The van der Waals surface area contributed by atoms with Crippen LogP contribution in [0.5, 0.6) is 5.75 Å². The maximum atomic E-state index is 7.30. The predicted octanol–water partition coefficient (Wildman–Crippen LogP) is 2.56. The molecule has 3 N–H and O–H groups in total. The van der Waals surface area contributed by atoms with Gasteiger partial charge in [0.2, 0.25) is 0 Å². The molecule has 0 aliphatic rings. The zero-order valence-electron chi connectivity index (χ0n) is 10.4. The first kappa shape index (κ1) is 12.6. The van der Waals surface area contributed by atoms with Crippen LogP contribution in [0.15, 0.2) is 12.1 Å². The molecule has 0 radical (unpaired) electrons. The van der Waals surface area contributed by atoms with E-state index >= 15 is 0 Å². The van der Waals surface area contributed by atoms with Crippen LogP contribution in [0.4, 0.5) is 0 Å². The van der Waals surface area contributed by atoms with Crippen LogP contribution in [-0.4, -0.2) is 12.4 Å². The normalized spacial score (nSPS) is 12.2. The molecular formula is C13H20N2O. The van der Waals surface area contributed by atoms with E-state index in [1.165, 1.54) is 11.1 Å². The summed E-state index contributed by atoms with van der Waals surface area (Å²) in [6.07, 6.45) is 0. The van der Waals surface area contributed by atoms with Crippen LogP contribution in [-0.2, 0) is 0 Å². The van der Waals surface area contributed by atoms with Gasteiger partial charge in [0.1, 0.15) is 5.75 Å². The largest absolute Gasteiger partial charge is 0.493 e. The van der Waals surface area contributed by atoms with E-state index in [1.807, 2.05) is 26.8 Å². The molecule has 88 valence electrons. The molecule has 0 spiro atoms. The molecule has 0 bridgehead atoms. The van der Waals surface area contributed by atoms with Crippen molar-refractivity contribution in [3.05, 3.63) is 28.8 Å². The van der Waals surface area contributed by atoms with E-state index in [0.29, 0.717) is 6.61 Å². The van der Waals surface area contributed by atoms with Gasteiger partial charge in [0, 0.05) is 5.92 Å². The lowest BCUT2D eigenvalue weighted by atomic mass is 10.1. The van der Waals surface area contributed by atoms with E-state index in [4.69, 9.17) is 15.9 Å². The molecular weight excluding hydrogens is 200 g/mol. The summed E-state index contributed by atoms with van der Waals surface area (Å²) in [4.78, 5) is 0. The Kier molecular flexibility index (Phi) is 3.93. The van der Waals surface area contributed by atoms with Gasteiger partial charge in [-0.1, -0.05) is 13.0 Å². The fraction of sp³-hybridized carbons (Fsp3) is 0.462. The first-order chi connectivity index (χ1) is 7.41. The van der Waals surface area contributed by atoms with Crippen LogP contribution in [0.1, 0.15) is 23.6 Å². The highest BCUT2D eigenvalue weighted by atomic mass is 16.5. The van der Waals surface area contributed by atoms with Crippen molar-refractivity contribution in [1.82, 2.24) is 0 Å². The van der Waals surface area contributed by atoms with E-state index in [0.717, 1.165) is 11.3 Å². The number of benzene rings is 1. The number of ether oxygens (including phenoxy) is 1. The Morgan fingerprint density at radius 1 is 1.38 bits per heavy atom. The Hall–Kier alpha value is -1.51. The second kappa shape index (κ2) is 5.01. The van der Waals surface area contributed by atoms with Crippen LogP contribution in [0.25, 0.3) is 0 Å². The van der Waals surface area contributed by atoms with Crippen LogP contribution < -0.4 is 10.5 Å². The topological polar surface area (TPSA) is 59.1 Å². The third-order valence-corrected chi connectivity index (χ3v) is 2.78. The van der Waals surface area contributed by atoms with Gasteiger partial charge in [0.15, 0.2) is 0 Å². The molecule has 1 aromatic carbocycles. The number of hydrogen-bond acceptors (Lipinski definition) is 2. The monoisotopic (exact) mass is 220 g/mol. The molecule has 16 heavy (non-hydrogen) atoms. The number of rotatable bonds is 4. The summed E-state index contributed by atoms with van der Waals surface area (Å²) in [7, 11) is 0. The molecule has 0 aromatic heterocycles. The summed E-state index contributed by atoms with van der Waals surface area (Å²) >= 11 is 0. The SMILES string of the molecule is Cc1cc(C)c(C)c(OCC(C)C(=N)N)c1. The summed E-state index contributed by atoms with van der Waals surface area (Å²) in [5, 5.41) is 7.30. The van der Waals surface area contributed by atoms with Crippen molar-refractivity contribution in [3.63, 3.8) is 0 Å². The van der Waals surface area contributed by atoms with E-state index in [-0.39, 0.29) is 11.8 Å². The first-order valence-corrected chi connectivity index (χ1v) is 5.46. The Balaban J connectivity index is 2.78. The van der Waals surface area contributed by atoms with Crippen molar-refractivity contribution in [2.24, 2.45) is 11.7 Å². The Morgan fingerprint density at radius 3 is 2.56 bits per heavy atom. The summed E-state index contributed by atoms with van der Waals surface area (Å²) in [5.74, 6) is 1.02. The highest BCUT2D eigenvalue weighted by Gasteiger charge is 2.08. The molecule has 0 heterocycles. The Bertz CT molecular complexity index is 399. The second-order valence-corrected chi connectivity index (χ2v) is 4.37. The van der Waals surface area contributed by atoms with Gasteiger partial charge in [-0.05, 0) is 43.5 Å². The Labute approximate surface area is 97.1 Å². The molecule has 0 saturated heterocycles. The zero-order valence-corrected chi connectivity index (χ0v) is 10.4. The van der Waals surface area contributed by atoms with Crippen molar-refractivity contribution in [2.75, 3.05) is 6.61 Å². The fourth-order valence-corrected chi connectivity index (χ4v) is 1.46. The highest BCUT2D eigenvalue weighted by Crippen LogP contribution is 2.23. The molecule has 0 aliphatic heterocycles. The lowest BCUT2D eigenvalue weighted by molar-refractivity contribution is 0.289. The fourth-order valence-electron chi connectivity index (χ4n) is 1.46. The Morgan fingerprint density at radius 2 is 2.00 bits per heavy atom. The molecule has 1 rings (SSSR count). The molecule has 3 nitrogen and oxygen atoms in total. The molecule has 0 saturated carbocycles. The smallest absolute Gasteiger partial charge is 0.122 e. The predicted molar refractivity (Wildman–Crippen MR) is 67.2 cm³/mol. The summed E-state index contributed by atoms with van der Waals surface area (Å²) in [6, 6.07) is 4.16. The molecule has 1 aromatic rings. The van der Waals surface area contributed by atoms with Gasteiger partial charge in [-0.25, -0.2) is 0 Å². The lowest BCUT2D eigenvalue weighted by Crippen LogP contribution is -2.25. The van der Waals surface area contributed by atoms with Gasteiger partial charge >= 0.3 is 0 Å². The third-order valence-electron chi connectivity index (χ3n) is 2.78. The molecule has 0 aliphatic carbocycles. The summed E-state index contributed by atoms with van der Waals surface area (Å²) < 4.78 is 5.70. The van der Waals surface area contributed by atoms with Crippen molar-refractivity contribution in [1.29, 1.82) is 5.41 Å². The lowest BCUT2D eigenvalue weighted by Gasteiger charge is -2.15. The van der Waals surface area contributed by atoms with E-state index in [2.05, 4.69) is 13.0 Å². The minimum Gasteiger partial charge on any atom is -0.493 e. The van der Waals surface area contributed by atoms with Crippen molar-refractivity contribution in [3.8, 4) is 5.75 Å². The quantitative estimate of drug-likeness (QED) is 0.605. The average Bonchev–Trinajstić information content (AvgIpc) is 2.20. The highest BCUT2D eigenvalue weighted by molar-refractivity contribution is 5.79. The minimum atomic E-state index is -0.0415. The molecule has 3 heteroatoms. The van der Waals surface area contributed by atoms with Gasteiger partial charge in [-0.2, -0.15) is 0 Å². The minimum absolute atomic E-state index is 0.0415. The maximum absolute atomic E-state index is 7.30. The standard InChI is InChI=1S/C13H20N2O/c1-8-5-9(2)11(4)12(6-8)16-7-10(3)13(14)15/h5-6,10H,7H2,1-4H3,(H3,14,15). The molecule has 0 fully saturated rings. The number of nitrogens with two attached hydrogens (primary N) is 1. The van der Waals surface area contributed by atoms with Gasteiger partial charge in [-0.3, -0.25) is 5.41 Å². The molecule has 0 amide bonds. The maximum Gasteiger partial charge on any atom is 0.122 e. The molecule has 1 atom stereocenters. The van der Waals surface area contributed by atoms with Crippen molar-refractivity contribution < 1.29 is 4.74 Å². The first-order valence-electron chi connectivity index (χ1n) is 5.46. The zero-order chi connectivity index (χ0) is 12.3. The van der Waals surface area contributed by atoms with E-state index in [1.54, 1.807) is 0 Å². The summed E-state index contributed by atoms with van der Waals surface area (Å²) in [6.45, 7) is 8.51. The average molecular weight is 220 g/mol. The van der Waals surface area contributed by atoms with Crippen molar-refractivity contribution >= 4 is 5.84 Å². The number of hydrogen-bond donors (Lipinski definition) is 2. The van der Waals surface area contributed by atoms with Gasteiger partial charge in [0.05, 0.1) is 12.4 Å². The second-order valence-electron chi connectivity index (χ2n) is 4.37. The van der Waals surface area contributed by atoms with E-state index in [9.17, 15) is 0 Å². The number of nitrogens with one attached hydrogen (secondary N) is 1. The van der Waals surface area contributed by atoms with Crippen LogP contribution in [0.2, 0.25) is 0 Å². The molecule has 1 unspecified atom stereocenters. The van der Waals surface area contributed by atoms with Gasteiger partial charge in [0.25, 0.3) is 0 Å². The van der Waals surface area contributed by atoms with Gasteiger partial charge in [-0.15, -0.1) is 0 Å². The van der Waals surface area contributed by atoms with Crippen LogP contribution >= 0.6 is 0 Å². The number of aryl methyl sites for hydroxylation is 2. The van der Waals surface area contributed by atoms with Crippen molar-refractivity contribution in [2.45, 2.75) is 27.7 Å². The van der Waals surface area contributed by atoms with E-state index < -0.39 is 0 Å². The van der Waals surface area contributed by atoms with Crippen LogP contribution in [0.3, 0.4) is 0 Å².